The van der Waals surface area contributed by atoms with Crippen LogP contribution in [0, 0.1) is 187 Å². The number of hydrogen-bond donors (Lipinski definition) is 0. The van der Waals surface area contributed by atoms with Crippen molar-refractivity contribution in [1.82, 2.24) is 0 Å². The average molecular weight is 1410 g/mol. The molecule has 23 fully saturated rings. The molecule has 532 valence electrons. The van der Waals surface area contributed by atoms with Crippen molar-refractivity contribution in [3.63, 3.8) is 0 Å². The van der Waals surface area contributed by atoms with Crippen molar-refractivity contribution in [3.8, 4) is 0 Å². The van der Waals surface area contributed by atoms with Crippen molar-refractivity contribution >= 4 is 131 Å². The molecule has 0 radical (unpaired) electrons. The first-order valence-electron chi connectivity index (χ1n) is 35.2. The van der Waals surface area contributed by atoms with Gasteiger partial charge >= 0.3 is 119 Å². The molecule has 0 aromatic heterocycles. The number of ketones is 2. The minimum absolute atomic E-state index is 0.0485. The highest BCUT2D eigenvalue weighted by Gasteiger charge is 2.81. The fourth-order valence-corrected chi connectivity index (χ4v) is 26.4. The van der Waals surface area contributed by atoms with Gasteiger partial charge in [-0.1, -0.05) is 6.42 Å². The number of rotatable bonds is 0. The number of ether oxygens (including phenoxy) is 10. The number of hydrogen-bond acceptors (Lipinski definition) is 32. The molecule has 0 amide bonds. The van der Waals surface area contributed by atoms with Gasteiger partial charge in [0.25, 0.3) is 0 Å². The molecule has 32 nitrogen and oxygen atoms in total. The Bertz CT molecular complexity index is 3950. The smallest absolute Gasteiger partial charge is 0.318 e. The second-order valence-electron chi connectivity index (χ2n) is 33.0. The van der Waals surface area contributed by atoms with Crippen molar-refractivity contribution in [2.45, 2.75) is 103 Å². The molecule has 13 aliphatic carbocycles. The summed E-state index contributed by atoms with van der Waals surface area (Å²) in [5.41, 5.74) is -2.25. The molecule has 0 N–H and O–H groups in total. The molecule has 4 spiro atoms. The van der Waals surface area contributed by atoms with E-state index in [0.717, 1.165) is 57.8 Å². The molecule has 0 aromatic carbocycles. The Morgan fingerprint density at radius 2 is 0.373 bits per heavy atom. The quantitative estimate of drug-likeness (QED) is 0.168. The van der Waals surface area contributed by atoms with E-state index in [9.17, 15) is 105 Å². The van der Waals surface area contributed by atoms with Crippen LogP contribution in [-0.4, -0.2) is 131 Å². The molecule has 0 aromatic rings. The predicted molar refractivity (Wildman–Crippen MR) is 302 cm³/mol. The first-order chi connectivity index (χ1) is 48.5. The summed E-state index contributed by atoms with van der Waals surface area (Å²) in [6, 6.07) is 0. The Morgan fingerprint density at radius 3 is 0.637 bits per heavy atom. The maximum atomic E-state index is 14.2. The summed E-state index contributed by atoms with van der Waals surface area (Å²) in [7, 11) is 0. The van der Waals surface area contributed by atoms with Crippen LogP contribution < -0.4 is 0 Å². The Hall–Kier alpha value is -9.26. The number of carbonyl (C=O) groups is 22. The molecule has 102 heavy (non-hydrogen) atoms. The molecular weight excluding hydrogens is 1350 g/mol. The molecule has 10 heterocycles. The highest BCUT2D eigenvalue weighted by molar-refractivity contribution is 6.11. The minimum atomic E-state index is -0.804. The van der Waals surface area contributed by atoms with E-state index in [-0.39, 0.29) is 102 Å². The van der Waals surface area contributed by atoms with Crippen LogP contribution in [0.2, 0.25) is 0 Å². The summed E-state index contributed by atoms with van der Waals surface area (Å²) in [5, 5.41) is 0. The van der Waals surface area contributed by atoms with Gasteiger partial charge in [-0.05, 0) is 144 Å². The molecular formula is C70H60O32. The van der Waals surface area contributed by atoms with Gasteiger partial charge in [0, 0.05) is 21.7 Å². The van der Waals surface area contributed by atoms with Gasteiger partial charge in [-0.3, -0.25) is 105 Å². The normalized spacial score (nSPS) is 50.7. The summed E-state index contributed by atoms with van der Waals surface area (Å²) in [5.74, 6) is -22.8. The molecule has 23 rings (SSSR count). The lowest BCUT2D eigenvalue weighted by Gasteiger charge is -2.52. The summed E-state index contributed by atoms with van der Waals surface area (Å²) in [6.45, 7) is 0. The number of cyclic esters (lactones) is 20. The molecule has 23 aliphatic rings. The van der Waals surface area contributed by atoms with E-state index >= 15 is 0 Å². The SMILES string of the molecule is O=C1OC(=O)C2C1C1C(=O)OC(=O)C21.O=C1OC(=O)C2C1C1CC2C2(CCC3(CC4CC3C3C(=O)OC(=O)C43)C2=O)C1.O=C1OC(=O)C2C1C1CC2C2(CCCC3(CC4CC3C3C(=O)OC(=O)C43)C2=O)C1.O=C1OC(=O)C2C1CC1C(=O)OC(=O)C12.O=C1OC(=O)C2CC3C(=O)OC(=O)C3CC12. The molecule has 10 aliphatic heterocycles. The zero-order chi connectivity index (χ0) is 71.3. The monoisotopic (exact) mass is 1410 g/mol. The van der Waals surface area contributed by atoms with E-state index in [4.69, 9.17) is 18.9 Å². The van der Waals surface area contributed by atoms with Crippen LogP contribution >= 0.6 is 0 Å². The van der Waals surface area contributed by atoms with Crippen LogP contribution in [0.1, 0.15) is 103 Å². The van der Waals surface area contributed by atoms with Crippen molar-refractivity contribution in [2.75, 3.05) is 0 Å². The van der Waals surface area contributed by atoms with Crippen molar-refractivity contribution in [1.29, 1.82) is 0 Å². The Balaban J connectivity index is 0.0000000915. The second-order valence-corrected chi connectivity index (χ2v) is 33.0. The van der Waals surface area contributed by atoms with Gasteiger partial charge in [-0.25, -0.2) is 0 Å². The van der Waals surface area contributed by atoms with E-state index in [0.29, 0.717) is 25.7 Å². The highest BCUT2D eigenvalue weighted by Crippen LogP contribution is 2.77. The molecule has 28 unspecified atom stereocenters. The fraction of sp³-hybridized carbons (Fsp3) is 0.686. The third kappa shape index (κ3) is 7.82. The summed E-state index contributed by atoms with van der Waals surface area (Å²) in [6.07, 6.45) is 10.1. The fourth-order valence-electron chi connectivity index (χ4n) is 26.4. The lowest BCUT2D eigenvalue weighted by molar-refractivity contribution is -0.161. The Labute approximate surface area is 571 Å². The third-order valence-corrected chi connectivity index (χ3v) is 29.9. The van der Waals surface area contributed by atoms with Gasteiger partial charge in [0.15, 0.2) is 0 Å². The number of fused-ring (bicyclic) bond motifs is 33. The van der Waals surface area contributed by atoms with E-state index in [2.05, 4.69) is 28.4 Å². The van der Waals surface area contributed by atoms with Crippen LogP contribution in [0.25, 0.3) is 0 Å². The second kappa shape index (κ2) is 20.8. The van der Waals surface area contributed by atoms with Gasteiger partial charge in [-0.15, -0.1) is 0 Å². The zero-order valence-corrected chi connectivity index (χ0v) is 53.5. The zero-order valence-electron chi connectivity index (χ0n) is 53.5. The predicted octanol–water partition coefficient (Wildman–Crippen LogP) is -0.478. The maximum absolute atomic E-state index is 14.2. The topological polar surface area (TPSA) is 468 Å². The molecule has 28 atom stereocenters. The molecule has 32 heteroatoms. The molecule has 10 saturated heterocycles. The lowest BCUT2D eigenvalue weighted by atomic mass is 9.48. The molecule has 13 saturated carbocycles. The first-order valence-corrected chi connectivity index (χ1v) is 35.2. The van der Waals surface area contributed by atoms with E-state index < -0.39 is 236 Å². The first kappa shape index (κ1) is 63.6. The number of Topliss-reactive ketones (excluding diaryl/α,β-unsaturated/α-hetero) is 2. The Morgan fingerprint density at radius 1 is 0.186 bits per heavy atom. The van der Waals surface area contributed by atoms with E-state index in [1.54, 1.807) is 0 Å². The Kier molecular flexibility index (Phi) is 13.0. The standard InChI is InChI=1S/C22H22O7.C21H20O7.C10H8O6.C9H6O6.C8H4O6/c23-16-12-8-4-10(14(12)18(25)28-16)21(6-8)2-1-3-22(20(21)27)7-9-5-11(22)15-13(9)17(24)29-19(15)26;22-15-11-7-3-9(13(11)17(24)27-15)20(5-7)1-2-21(19(20)26)6-8-4-10(21)14-12(8)16(23)28-18(14)25;11-7-3-1-4-6(10(14)16-8(4)12)2-5(3)9(13)15-7;10-6-2-1-3-5(4(2)8(12)14-6)9(13)15-7(3)11;9-5-1-2(6(10)13-5)4-3(1)7(11)14-8(4)12/h8-15H,1-7H2;7-14H,1-6H2;3-6H,1-2H2;2-5H,1H2;1-4H. The van der Waals surface area contributed by atoms with Crippen LogP contribution in [0.4, 0.5) is 0 Å². The maximum Gasteiger partial charge on any atom is 0.318 e. The number of carbonyl (C=O) groups excluding carboxylic acids is 22. The number of esters is 20. The summed E-state index contributed by atoms with van der Waals surface area (Å²) < 4.78 is 46.2. The van der Waals surface area contributed by atoms with Crippen LogP contribution in [0.15, 0.2) is 0 Å². The van der Waals surface area contributed by atoms with Gasteiger partial charge in [0.2, 0.25) is 0 Å². The average Bonchev–Trinajstić information content (AvgIpc) is 1.51. The van der Waals surface area contributed by atoms with E-state index in [1.807, 2.05) is 0 Å². The summed E-state index contributed by atoms with van der Waals surface area (Å²) in [4.78, 5) is 261. The summed E-state index contributed by atoms with van der Waals surface area (Å²) >= 11 is 0. The van der Waals surface area contributed by atoms with Crippen molar-refractivity contribution in [3.05, 3.63) is 0 Å². The highest BCUT2D eigenvalue weighted by atomic mass is 16.6. The van der Waals surface area contributed by atoms with Crippen LogP contribution in [0.3, 0.4) is 0 Å². The lowest BCUT2D eigenvalue weighted by Crippen LogP contribution is -2.56. The third-order valence-electron chi connectivity index (χ3n) is 29.9. The van der Waals surface area contributed by atoms with Gasteiger partial charge in [-0.2, -0.15) is 0 Å². The van der Waals surface area contributed by atoms with Crippen molar-refractivity contribution in [2.24, 2.45) is 187 Å². The van der Waals surface area contributed by atoms with Gasteiger partial charge < -0.3 is 47.4 Å². The van der Waals surface area contributed by atoms with Crippen LogP contribution in [-0.2, 0) is 153 Å². The van der Waals surface area contributed by atoms with E-state index in [1.165, 1.54) is 0 Å². The van der Waals surface area contributed by atoms with Crippen LogP contribution in [0.5, 0.6) is 0 Å². The molecule has 8 bridgehead atoms. The minimum Gasteiger partial charge on any atom is -0.393 e. The van der Waals surface area contributed by atoms with Crippen molar-refractivity contribution < 1.29 is 153 Å². The van der Waals surface area contributed by atoms with Gasteiger partial charge in [0.05, 0.1) is 118 Å². The van der Waals surface area contributed by atoms with Gasteiger partial charge in [0.1, 0.15) is 11.6 Å². The largest absolute Gasteiger partial charge is 0.393 e.